The standard InChI is InChI=1S/C14H18N2O2/c1-2-10-3-6-12(7-4-10)16-14(18)11-5-8-13(17)15-9-11/h3-4,6-7,11H,2,5,8-9H2,1H3,(H,15,17)(H,16,18). The van der Waals surface area contributed by atoms with Crippen LogP contribution in [0.3, 0.4) is 0 Å². The summed E-state index contributed by atoms with van der Waals surface area (Å²) in [4.78, 5) is 23.0. The first kappa shape index (κ1) is 12.6. The lowest BCUT2D eigenvalue weighted by Gasteiger charge is -2.21. The van der Waals surface area contributed by atoms with Gasteiger partial charge in [-0.3, -0.25) is 9.59 Å². The molecule has 4 nitrogen and oxygen atoms in total. The van der Waals surface area contributed by atoms with Crippen molar-refractivity contribution in [1.82, 2.24) is 5.32 Å². The van der Waals surface area contributed by atoms with Gasteiger partial charge in [-0.05, 0) is 30.5 Å². The molecule has 2 rings (SSSR count). The lowest BCUT2D eigenvalue weighted by atomic mass is 9.98. The fourth-order valence-electron chi connectivity index (χ4n) is 2.02. The van der Waals surface area contributed by atoms with Crippen LogP contribution in [0.4, 0.5) is 5.69 Å². The lowest BCUT2D eigenvalue weighted by Crippen LogP contribution is -2.40. The monoisotopic (exact) mass is 246 g/mol. The van der Waals surface area contributed by atoms with Gasteiger partial charge >= 0.3 is 0 Å². The maximum Gasteiger partial charge on any atom is 0.229 e. The molecule has 1 heterocycles. The Balaban J connectivity index is 1.92. The summed E-state index contributed by atoms with van der Waals surface area (Å²) in [6, 6.07) is 7.85. The summed E-state index contributed by atoms with van der Waals surface area (Å²) in [6.45, 7) is 2.54. The molecule has 0 bridgehead atoms. The van der Waals surface area contributed by atoms with Crippen molar-refractivity contribution in [1.29, 1.82) is 0 Å². The fraction of sp³-hybridized carbons (Fsp3) is 0.429. The molecular weight excluding hydrogens is 228 g/mol. The molecule has 0 saturated carbocycles. The van der Waals surface area contributed by atoms with Crippen molar-refractivity contribution in [2.45, 2.75) is 26.2 Å². The fourth-order valence-corrected chi connectivity index (χ4v) is 2.02. The van der Waals surface area contributed by atoms with E-state index in [0.29, 0.717) is 19.4 Å². The predicted octanol–water partition coefficient (Wildman–Crippen LogP) is 1.71. The molecule has 2 amide bonds. The summed E-state index contributed by atoms with van der Waals surface area (Å²) in [5, 5.41) is 5.60. The highest BCUT2D eigenvalue weighted by molar-refractivity contribution is 5.94. The van der Waals surface area contributed by atoms with Crippen molar-refractivity contribution >= 4 is 17.5 Å². The van der Waals surface area contributed by atoms with E-state index in [1.54, 1.807) is 0 Å². The minimum absolute atomic E-state index is 0.0146. The number of hydrogen-bond acceptors (Lipinski definition) is 2. The molecule has 0 aliphatic carbocycles. The number of hydrogen-bond donors (Lipinski definition) is 2. The summed E-state index contributed by atoms with van der Waals surface area (Å²) in [6.07, 6.45) is 2.06. The van der Waals surface area contributed by atoms with Crippen LogP contribution in [0.25, 0.3) is 0 Å². The van der Waals surface area contributed by atoms with E-state index in [-0.39, 0.29) is 17.7 Å². The highest BCUT2D eigenvalue weighted by Gasteiger charge is 2.24. The Hall–Kier alpha value is -1.84. The van der Waals surface area contributed by atoms with Crippen LogP contribution in [-0.4, -0.2) is 18.4 Å². The number of aryl methyl sites for hydroxylation is 1. The Bertz CT molecular complexity index is 430. The van der Waals surface area contributed by atoms with Gasteiger partial charge in [0.25, 0.3) is 0 Å². The molecule has 1 unspecified atom stereocenters. The Labute approximate surface area is 107 Å². The van der Waals surface area contributed by atoms with E-state index in [9.17, 15) is 9.59 Å². The third-order valence-corrected chi connectivity index (χ3v) is 3.27. The van der Waals surface area contributed by atoms with E-state index in [1.807, 2.05) is 24.3 Å². The number of carbonyl (C=O) groups is 2. The topological polar surface area (TPSA) is 58.2 Å². The molecule has 1 aliphatic rings. The first-order chi connectivity index (χ1) is 8.69. The molecule has 0 aromatic heterocycles. The molecule has 2 N–H and O–H groups in total. The number of nitrogens with one attached hydrogen (secondary N) is 2. The summed E-state index contributed by atoms with van der Waals surface area (Å²) < 4.78 is 0. The van der Waals surface area contributed by atoms with Gasteiger partial charge in [0.05, 0.1) is 5.92 Å². The summed E-state index contributed by atoms with van der Waals surface area (Å²) in [5.74, 6) is -0.0980. The zero-order valence-corrected chi connectivity index (χ0v) is 10.5. The number of carbonyl (C=O) groups excluding carboxylic acids is 2. The molecular formula is C14H18N2O2. The van der Waals surface area contributed by atoms with Crippen molar-refractivity contribution in [3.8, 4) is 0 Å². The van der Waals surface area contributed by atoms with E-state index in [0.717, 1.165) is 12.1 Å². The maximum absolute atomic E-state index is 12.0. The molecule has 0 spiro atoms. The van der Waals surface area contributed by atoms with E-state index < -0.39 is 0 Å². The lowest BCUT2D eigenvalue weighted by molar-refractivity contribution is -0.126. The summed E-state index contributed by atoms with van der Waals surface area (Å²) in [7, 11) is 0. The summed E-state index contributed by atoms with van der Waals surface area (Å²) >= 11 is 0. The van der Waals surface area contributed by atoms with Crippen molar-refractivity contribution in [2.24, 2.45) is 5.92 Å². The average molecular weight is 246 g/mol. The molecule has 1 saturated heterocycles. The van der Waals surface area contributed by atoms with Gasteiger partial charge in [0.2, 0.25) is 11.8 Å². The molecule has 1 aliphatic heterocycles. The van der Waals surface area contributed by atoms with Crippen LogP contribution in [0.5, 0.6) is 0 Å². The van der Waals surface area contributed by atoms with E-state index in [1.165, 1.54) is 5.56 Å². The molecule has 1 atom stereocenters. The van der Waals surface area contributed by atoms with E-state index >= 15 is 0 Å². The second kappa shape index (κ2) is 5.67. The Morgan fingerprint density at radius 3 is 2.67 bits per heavy atom. The number of rotatable bonds is 3. The molecule has 18 heavy (non-hydrogen) atoms. The smallest absolute Gasteiger partial charge is 0.229 e. The first-order valence-corrected chi connectivity index (χ1v) is 6.35. The SMILES string of the molecule is CCc1ccc(NC(=O)C2CCC(=O)NC2)cc1. The third-order valence-electron chi connectivity index (χ3n) is 3.27. The van der Waals surface area contributed by atoms with Crippen molar-refractivity contribution in [2.75, 3.05) is 11.9 Å². The van der Waals surface area contributed by atoms with Gasteiger partial charge < -0.3 is 10.6 Å². The summed E-state index contributed by atoms with van der Waals surface area (Å²) in [5.41, 5.74) is 2.06. The van der Waals surface area contributed by atoms with Gasteiger partial charge in [-0.2, -0.15) is 0 Å². The van der Waals surface area contributed by atoms with E-state index in [4.69, 9.17) is 0 Å². The third kappa shape index (κ3) is 3.09. The van der Waals surface area contributed by atoms with E-state index in [2.05, 4.69) is 17.6 Å². The number of amides is 2. The number of anilines is 1. The van der Waals surface area contributed by atoms with Gasteiger partial charge in [-0.25, -0.2) is 0 Å². The quantitative estimate of drug-likeness (QED) is 0.853. The van der Waals surface area contributed by atoms with Gasteiger partial charge in [-0.1, -0.05) is 19.1 Å². The van der Waals surface area contributed by atoms with Gasteiger partial charge in [-0.15, -0.1) is 0 Å². The Morgan fingerprint density at radius 1 is 1.39 bits per heavy atom. The van der Waals surface area contributed by atoms with Crippen LogP contribution in [0, 0.1) is 5.92 Å². The van der Waals surface area contributed by atoms with Crippen molar-refractivity contribution in [3.05, 3.63) is 29.8 Å². The largest absolute Gasteiger partial charge is 0.355 e. The minimum Gasteiger partial charge on any atom is -0.355 e. The number of benzene rings is 1. The van der Waals surface area contributed by atoms with Crippen LogP contribution < -0.4 is 10.6 Å². The van der Waals surface area contributed by atoms with Gasteiger partial charge in [0, 0.05) is 18.7 Å². The Kier molecular flexibility index (Phi) is 3.97. The minimum atomic E-state index is -0.117. The van der Waals surface area contributed by atoms with Crippen molar-refractivity contribution < 1.29 is 9.59 Å². The predicted molar refractivity (Wildman–Crippen MR) is 70.2 cm³/mol. The molecule has 1 fully saturated rings. The zero-order valence-electron chi connectivity index (χ0n) is 10.5. The normalized spacial score (nSPS) is 19.2. The second-order valence-electron chi connectivity index (χ2n) is 4.58. The highest BCUT2D eigenvalue weighted by atomic mass is 16.2. The molecule has 4 heteroatoms. The molecule has 1 aromatic rings. The second-order valence-corrected chi connectivity index (χ2v) is 4.58. The van der Waals surface area contributed by atoms with Gasteiger partial charge in [0.15, 0.2) is 0 Å². The maximum atomic E-state index is 12.0. The first-order valence-electron chi connectivity index (χ1n) is 6.35. The van der Waals surface area contributed by atoms with Crippen LogP contribution >= 0.6 is 0 Å². The average Bonchev–Trinajstić information content (AvgIpc) is 2.40. The highest BCUT2D eigenvalue weighted by Crippen LogP contribution is 2.15. The van der Waals surface area contributed by atoms with Crippen molar-refractivity contribution in [3.63, 3.8) is 0 Å². The van der Waals surface area contributed by atoms with Crippen LogP contribution in [0.2, 0.25) is 0 Å². The molecule has 96 valence electrons. The van der Waals surface area contributed by atoms with Crippen LogP contribution in [-0.2, 0) is 16.0 Å². The zero-order chi connectivity index (χ0) is 13.0. The molecule has 0 radical (unpaired) electrons. The Morgan fingerprint density at radius 2 is 2.11 bits per heavy atom. The number of piperidine rings is 1. The van der Waals surface area contributed by atoms with Crippen LogP contribution in [0.1, 0.15) is 25.3 Å². The van der Waals surface area contributed by atoms with Gasteiger partial charge in [0.1, 0.15) is 0 Å². The molecule has 1 aromatic carbocycles. The van der Waals surface area contributed by atoms with Crippen LogP contribution in [0.15, 0.2) is 24.3 Å².